The molecular formula is C12H14N6S. The molecule has 4 heterocycles. The van der Waals surface area contributed by atoms with Gasteiger partial charge in [-0.2, -0.15) is 5.10 Å². The second kappa shape index (κ2) is 3.80. The van der Waals surface area contributed by atoms with Gasteiger partial charge in [0, 0.05) is 19.3 Å². The van der Waals surface area contributed by atoms with Crippen molar-refractivity contribution in [3.05, 3.63) is 29.8 Å². The molecule has 0 saturated carbocycles. The van der Waals surface area contributed by atoms with Crippen LogP contribution < -0.4 is 4.90 Å². The highest BCUT2D eigenvalue weighted by atomic mass is 32.1. The molecule has 0 N–H and O–H groups in total. The molecule has 0 aliphatic carbocycles. The van der Waals surface area contributed by atoms with Gasteiger partial charge in [-0.3, -0.25) is 4.68 Å². The molecule has 7 heteroatoms. The SMILES string of the molecule is Cc1cnn(C2CN(c3nn4cc(C)nc4s3)C2)c1. The van der Waals surface area contributed by atoms with E-state index in [4.69, 9.17) is 0 Å². The molecule has 1 aliphatic heterocycles. The Hall–Kier alpha value is -1.89. The van der Waals surface area contributed by atoms with Crippen molar-refractivity contribution in [2.24, 2.45) is 0 Å². The normalized spacial score (nSPS) is 16.2. The van der Waals surface area contributed by atoms with Gasteiger partial charge in [0.1, 0.15) is 0 Å². The Balaban J connectivity index is 1.51. The first-order valence-corrected chi connectivity index (χ1v) is 7.09. The first-order chi connectivity index (χ1) is 9.19. The highest BCUT2D eigenvalue weighted by molar-refractivity contribution is 7.20. The molecule has 0 aromatic carbocycles. The average molecular weight is 274 g/mol. The monoisotopic (exact) mass is 274 g/mol. The van der Waals surface area contributed by atoms with E-state index in [1.54, 1.807) is 11.3 Å². The Kier molecular flexibility index (Phi) is 2.20. The summed E-state index contributed by atoms with van der Waals surface area (Å²) in [6.07, 6.45) is 5.96. The van der Waals surface area contributed by atoms with Crippen LogP contribution >= 0.6 is 11.3 Å². The van der Waals surface area contributed by atoms with Crippen molar-refractivity contribution in [1.82, 2.24) is 24.4 Å². The zero-order valence-electron chi connectivity index (χ0n) is 10.8. The molecule has 3 aromatic heterocycles. The van der Waals surface area contributed by atoms with Crippen molar-refractivity contribution < 1.29 is 0 Å². The van der Waals surface area contributed by atoms with E-state index in [9.17, 15) is 0 Å². The topological polar surface area (TPSA) is 51.2 Å². The Labute approximate surface area is 114 Å². The van der Waals surface area contributed by atoms with Crippen molar-refractivity contribution in [3.8, 4) is 0 Å². The van der Waals surface area contributed by atoms with E-state index in [0.717, 1.165) is 28.9 Å². The lowest BCUT2D eigenvalue weighted by atomic mass is 10.1. The molecule has 0 radical (unpaired) electrons. The summed E-state index contributed by atoms with van der Waals surface area (Å²) in [7, 11) is 0. The second-order valence-electron chi connectivity index (χ2n) is 5.05. The number of hydrogen-bond acceptors (Lipinski definition) is 5. The van der Waals surface area contributed by atoms with Gasteiger partial charge in [0.15, 0.2) is 0 Å². The Bertz CT molecular complexity index is 701. The first-order valence-electron chi connectivity index (χ1n) is 6.27. The van der Waals surface area contributed by atoms with E-state index in [0.29, 0.717) is 6.04 Å². The van der Waals surface area contributed by atoms with E-state index in [2.05, 4.69) is 37.9 Å². The Morgan fingerprint density at radius 2 is 2.11 bits per heavy atom. The lowest BCUT2D eigenvalue weighted by Crippen LogP contribution is -2.48. The average Bonchev–Trinajstić information content (AvgIpc) is 2.91. The van der Waals surface area contributed by atoms with Crippen LogP contribution in [0.3, 0.4) is 0 Å². The van der Waals surface area contributed by atoms with Gasteiger partial charge in [0.2, 0.25) is 10.1 Å². The van der Waals surface area contributed by atoms with Gasteiger partial charge >= 0.3 is 0 Å². The van der Waals surface area contributed by atoms with Crippen molar-refractivity contribution in [2.45, 2.75) is 19.9 Å². The maximum atomic E-state index is 4.56. The molecule has 0 bridgehead atoms. The molecule has 3 aromatic rings. The summed E-state index contributed by atoms with van der Waals surface area (Å²) in [4.78, 5) is 7.67. The molecule has 6 nitrogen and oxygen atoms in total. The van der Waals surface area contributed by atoms with Crippen LogP contribution in [0.5, 0.6) is 0 Å². The maximum absolute atomic E-state index is 4.56. The predicted molar refractivity (Wildman–Crippen MR) is 73.8 cm³/mol. The highest BCUT2D eigenvalue weighted by Crippen LogP contribution is 2.31. The largest absolute Gasteiger partial charge is 0.342 e. The fraction of sp³-hybridized carbons (Fsp3) is 0.417. The Morgan fingerprint density at radius 1 is 1.26 bits per heavy atom. The molecular weight excluding hydrogens is 260 g/mol. The van der Waals surface area contributed by atoms with Crippen LogP contribution in [0.4, 0.5) is 5.13 Å². The van der Waals surface area contributed by atoms with Crippen LogP contribution in [-0.4, -0.2) is 37.5 Å². The van der Waals surface area contributed by atoms with Crippen LogP contribution in [0.2, 0.25) is 0 Å². The first kappa shape index (κ1) is 11.0. The minimum Gasteiger partial charge on any atom is -0.342 e. The van der Waals surface area contributed by atoms with Gasteiger partial charge in [-0.1, -0.05) is 11.3 Å². The van der Waals surface area contributed by atoms with Crippen LogP contribution in [0.15, 0.2) is 18.6 Å². The van der Waals surface area contributed by atoms with Crippen molar-refractivity contribution in [3.63, 3.8) is 0 Å². The van der Waals surface area contributed by atoms with Gasteiger partial charge in [0.25, 0.3) is 0 Å². The molecule has 19 heavy (non-hydrogen) atoms. The summed E-state index contributed by atoms with van der Waals surface area (Å²) in [5.74, 6) is 0. The molecule has 1 saturated heterocycles. The number of nitrogens with zero attached hydrogens (tertiary/aromatic N) is 6. The molecule has 0 unspecified atom stereocenters. The number of aryl methyl sites for hydroxylation is 2. The lowest BCUT2D eigenvalue weighted by Gasteiger charge is -2.38. The molecule has 1 aliphatic rings. The molecule has 4 rings (SSSR count). The van der Waals surface area contributed by atoms with Gasteiger partial charge in [-0.15, -0.1) is 5.10 Å². The second-order valence-corrected chi connectivity index (χ2v) is 5.98. The van der Waals surface area contributed by atoms with Gasteiger partial charge in [-0.05, 0) is 19.4 Å². The van der Waals surface area contributed by atoms with Gasteiger partial charge in [0.05, 0.1) is 24.1 Å². The van der Waals surface area contributed by atoms with Crippen LogP contribution in [-0.2, 0) is 0 Å². The number of fused-ring (bicyclic) bond motifs is 1. The quantitative estimate of drug-likeness (QED) is 0.713. The number of imidazole rings is 1. The highest BCUT2D eigenvalue weighted by Gasteiger charge is 2.31. The number of anilines is 1. The van der Waals surface area contributed by atoms with E-state index in [1.165, 1.54) is 5.56 Å². The van der Waals surface area contributed by atoms with E-state index < -0.39 is 0 Å². The van der Waals surface area contributed by atoms with Crippen molar-refractivity contribution >= 4 is 21.4 Å². The molecule has 1 fully saturated rings. The van der Waals surface area contributed by atoms with E-state index in [-0.39, 0.29) is 0 Å². The van der Waals surface area contributed by atoms with Crippen molar-refractivity contribution in [1.29, 1.82) is 0 Å². The number of hydrogen-bond donors (Lipinski definition) is 0. The van der Waals surface area contributed by atoms with Gasteiger partial charge < -0.3 is 4.90 Å². The summed E-state index contributed by atoms with van der Waals surface area (Å²) < 4.78 is 3.91. The zero-order chi connectivity index (χ0) is 13.0. The number of rotatable bonds is 2. The van der Waals surface area contributed by atoms with Gasteiger partial charge in [-0.25, -0.2) is 9.50 Å². The minimum absolute atomic E-state index is 0.464. The Morgan fingerprint density at radius 3 is 2.79 bits per heavy atom. The predicted octanol–water partition coefficient (Wildman–Crippen LogP) is 1.67. The smallest absolute Gasteiger partial charge is 0.214 e. The summed E-state index contributed by atoms with van der Waals surface area (Å²) in [6, 6.07) is 0.464. The summed E-state index contributed by atoms with van der Waals surface area (Å²) in [5.41, 5.74) is 2.22. The third-order valence-corrected chi connectivity index (χ3v) is 4.37. The lowest BCUT2D eigenvalue weighted by molar-refractivity contribution is 0.367. The van der Waals surface area contributed by atoms with E-state index in [1.807, 2.05) is 23.8 Å². The van der Waals surface area contributed by atoms with Crippen molar-refractivity contribution in [2.75, 3.05) is 18.0 Å². The number of aromatic nitrogens is 5. The third kappa shape index (κ3) is 1.73. The van der Waals surface area contributed by atoms with E-state index >= 15 is 0 Å². The maximum Gasteiger partial charge on any atom is 0.214 e. The van der Waals surface area contributed by atoms with Crippen LogP contribution in [0.1, 0.15) is 17.3 Å². The molecule has 98 valence electrons. The fourth-order valence-corrected chi connectivity index (χ4v) is 3.28. The van der Waals surface area contributed by atoms with Crippen LogP contribution in [0.25, 0.3) is 4.96 Å². The fourth-order valence-electron chi connectivity index (χ4n) is 2.34. The standard InChI is InChI=1S/C12H14N6S/c1-8-3-13-17(4-8)10-6-16(7-10)12-15-18-5-9(2)14-11(18)19-12/h3-5,10H,6-7H2,1-2H3. The third-order valence-electron chi connectivity index (χ3n) is 3.39. The molecule has 0 amide bonds. The zero-order valence-corrected chi connectivity index (χ0v) is 11.6. The minimum atomic E-state index is 0.464. The van der Waals surface area contributed by atoms with Crippen LogP contribution in [0, 0.1) is 13.8 Å². The summed E-state index contributed by atoms with van der Waals surface area (Å²) in [5, 5.41) is 9.97. The molecule has 0 spiro atoms. The summed E-state index contributed by atoms with van der Waals surface area (Å²) in [6.45, 7) is 5.99. The molecule has 0 atom stereocenters. The summed E-state index contributed by atoms with van der Waals surface area (Å²) >= 11 is 1.64.